The second kappa shape index (κ2) is 2.10. The maximum Gasteiger partial charge on any atom is 0.275 e. The van der Waals surface area contributed by atoms with Gasteiger partial charge in [0.2, 0.25) is 0 Å². The highest BCUT2D eigenvalue weighted by molar-refractivity contribution is 6.29. The third kappa shape index (κ3) is 0.914. The Morgan fingerprint density at radius 2 is 2.45 bits per heavy atom. The quantitative estimate of drug-likeness (QED) is 0.631. The van der Waals surface area contributed by atoms with Crippen molar-refractivity contribution in [2.45, 2.75) is 0 Å². The molecule has 4 nitrogen and oxygen atoms in total. The van der Waals surface area contributed by atoms with Crippen LogP contribution in [-0.2, 0) is 0 Å². The minimum absolute atomic E-state index is 0.227. The number of H-pyrrole nitrogens is 1. The molecule has 2 heterocycles. The SMILES string of the molecule is O=c1[nH]c(Cl)cn2nccc12. The van der Waals surface area contributed by atoms with Gasteiger partial charge in [-0.25, -0.2) is 4.52 Å². The van der Waals surface area contributed by atoms with E-state index >= 15 is 0 Å². The van der Waals surface area contributed by atoms with Crippen LogP contribution in [0.5, 0.6) is 0 Å². The first-order valence-corrected chi connectivity index (χ1v) is 3.37. The van der Waals surface area contributed by atoms with Gasteiger partial charge in [0.15, 0.2) is 0 Å². The van der Waals surface area contributed by atoms with Gasteiger partial charge in [-0.15, -0.1) is 0 Å². The van der Waals surface area contributed by atoms with Crippen LogP contribution in [-0.4, -0.2) is 14.6 Å². The number of nitrogens with zero attached hydrogens (tertiary/aromatic N) is 2. The molecular formula is C6H4ClN3O. The number of aromatic nitrogens is 3. The molecule has 0 radical (unpaired) electrons. The van der Waals surface area contributed by atoms with E-state index < -0.39 is 0 Å². The first kappa shape index (κ1) is 6.42. The highest BCUT2D eigenvalue weighted by atomic mass is 35.5. The first-order chi connectivity index (χ1) is 5.27. The van der Waals surface area contributed by atoms with E-state index in [0.29, 0.717) is 5.52 Å². The van der Waals surface area contributed by atoms with Gasteiger partial charge in [-0.2, -0.15) is 5.10 Å². The second-order valence-corrected chi connectivity index (χ2v) is 2.50. The third-order valence-electron chi connectivity index (χ3n) is 1.37. The largest absolute Gasteiger partial charge is 0.310 e. The molecule has 0 saturated heterocycles. The average Bonchev–Trinajstić information content (AvgIpc) is 2.34. The van der Waals surface area contributed by atoms with Crippen LogP contribution in [0.4, 0.5) is 0 Å². The predicted molar refractivity (Wildman–Crippen MR) is 40.8 cm³/mol. The first-order valence-electron chi connectivity index (χ1n) is 2.99. The van der Waals surface area contributed by atoms with Gasteiger partial charge in [-0.05, 0) is 6.07 Å². The van der Waals surface area contributed by atoms with Gasteiger partial charge in [0, 0.05) is 0 Å². The molecule has 11 heavy (non-hydrogen) atoms. The van der Waals surface area contributed by atoms with Crippen molar-refractivity contribution in [3.05, 3.63) is 34.0 Å². The Labute approximate surface area is 66.4 Å². The molecule has 5 heteroatoms. The van der Waals surface area contributed by atoms with E-state index in [4.69, 9.17) is 11.6 Å². The Morgan fingerprint density at radius 1 is 1.64 bits per heavy atom. The molecule has 0 saturated carbocycles. The molecule has 0 spiro atoms. The second-order valence-electron chi connectivity index (χ2n) is 2.09. The predicted octanol–water partition coefficient (Wildman–Crippen LogP) is 0.676. The van der Waals surface area contributed by atoms with Crippen LogP contribution in [0.1, 0.15) is 0 Å². The van der Waals surface area contributed by atoms with Crippen molar-refractivity contribution >= 4 is 17.1 Å². The van der Waals surface area contributed by atoms with E-state index in [1.54, 1.807) is 12.3 Å². The number of fused-ring (bicyclic) bond motifs is 1. The van der Waals surface area contributed by atoms with Crippen LogP contribution in [0.2, 0.25) is 5.15 Å². The van der Waals surface area contributed by atoms with Crippen molar-refractivity contribution in [1.82, 2.24) is 14.6 Å². The summed E-state index contributed by atoms with van der Waals surface area (Å²) in [5.41, 5.74) is 0.268. The number of nitrogens with one attached hydrogen (secondary N) is 1. The van der Waals surface area contributed by atoms with Crippen molar-refractivity contribution in [3.8, 4) is 0 Å². The standard InChI is InChI=1S/C6H4ClN3O/c7-5-3-10-4(1-2-8-10)6(11)9-5/h1-3H,(H,9,11). The fourth-order valence-electron chi connectivity index (χ4n) is 0.909. The minimum Gasteiger partial charge on any atom is -0.310 e. The summed E-state index contributed by atoms with van der Waals surface area (Å²) in [5, 5.41) is 4.14. The van der Waals surface area contributed by atoms with E-state index in [-0.39, 0.29) is 10.7 Å². The molecule has 2 aromatic rings. The smallest absolute Gasteiger partial charge is 0.275 e. The highest BCUT2D eigenvalue weighted by Crippen LogP contribution is 2.00. The van der Waals surface area contributed by atoms with E-state index in [0.717, 1.165) is 0 Å². The number of halogens is 1. The van der Waals surface area contributed by atoms with Crippen LogP contribution in [0.15, 0.2) is 23.3 Å². The number of hydrogen-bond acceptors (Lipinski definition) is 2. The van der Waals surface area contributed by atoms with Crippen molar-refractivity contribution in [2.75, 3.05) is 0 Å². The zero-order chi connectivity index (χ0) is 7.84. The van der Waals surface area contributed by atoms with Crippen molar-refractivity contribution in [3.63, 3.8) is 0 Å². The molecule has 0 amide bonds. The molecule has 0 aromatic carbocycles. The van der Waals surface area contributed by atoms with Crippen LogP contribution in [0.25, 0.3) is 5.52 Å². The summed E-state index contributed by atoms with van der Waals surface area (Å²) in [6, 6.07) is 1.62. The molecule has 0 unspecified atom stereocenters. The van der Waals surface area contributed by atoms with Gasteiger partial charge in [0.05, 0.1) is 12.4 Å². The van der Waals surface area contributed by atoms with E-state index in [2.05, 4.69) is 10.1 Å². The molecule has 0 aliphatic heterocycles. The Bertz CT molecular complexity index is 444. The van der Waals surface area contributed by atoms with Crippen molar-refractivity contribution < 1.29 is 0 Å². The maximum atomic E-state index is 11.1. The van der Waals surface area contributed by atoms with Gasteiger partial charge >= 0.3 is 0 Å². The van der Waals surface area contributed by atoms with Gasteiger partial charge in [0.25, 0.3) is 5.56 Å². The van der Waals surface area contributed by atoms with Crippen LogP contribution in [0.3, 0.4) is 0 Å². The van der Waals surface area contributed by atoms with Crippen LogP contribution >= 0.6 is 11.6 Å². The molecule has 0 bridgehead atoms. The summed E-state index contributed by atoms with van der Waals surface area (Å²) in [6.45, 7) is 0. The van der Waals surface area contributed by atoms with Crippen LogP contribution in [0, 0.1) is 0 Å². The van der Waals surface area contributed by atoms with Crippen molar-refractivity contribution in [1.29, 1.82) is 0 Å². The number of rotatable bonds is 0. The number of aromatic amines is 1. The summed E-state index contributed by atoms with van der Waals surface area (Å²) in [7, 11) is 0. The summed E-state index contributed by atoms with van der Waals surface area (Å²) in [5.74, 6) is 0. The van der Waals surface area contributed by atoms with Crippen molar-refractivity contribution in [2.24, 2.45) is 0 Å². The van der Waals surface area contributed by atoms with E-state index in [1.165, 1.54) is 10.7 Å². The van der Waals surface area contributed by atoms with Gasteiger partial charge < -0.3 is 4.98 Å². The monoisotopic (exact) mass is 169 g/mol. The lowest BCUT2D eigenvalue weighted by Crippen LogP contribution is -2.08. The summed E-state index contributed by atoms with van der Waals surface area (Å²) in [4.78, 5) is 13.5. The minimum atomic E-state index is -0.227. The molecule has 0 aliphatic rings. The normalized spacial score (nSPS) is 10.6. The summed E-state index contributed by atoms with van der Waals surface area (Å²) >= 11 is 5.56. The van der Waals surface area contributed by atoms with E-state index in [9.17, 15) is 4.79 Å². The van der Waals surface area contributed by atoms with Gasteiger partial charge in [0.1, 0.15) is 10.7 Å². The molecule has 0 fully saturated rings. The highest BCUT2D eigenvalue weighted by Gasteiger charge is 1.98. The molecular weight excluding hydrogens is 166 g/mol. The molecule has 0 atom stereocenters. The molecule has 1 N–H and O–H groups in total. The summed E-state index contributed by atoms with van der Waals surface area (Å²) < 4.78 is 1.43. The third-order valence-corrected chi connectivity index (χ3v) is 1.56. The Balaban J connectivity index is 3.02. The lowest BCUT2D eigenvalue weighted by atomic mass is 10.5. The Kier molecular flexibility index (Phi) is 1.22. The van der Waals surface area contributed by atoms with E-state index in [1.807, 2.05) is 0 Å². The molecule has 0 aliphatic carbocycles. The lowest BCUT2D eigenvalue weighted by Gasteiger charge is -1.91. The molecule has 56 valence electrons. The fraction of sp³-hybridized carbons (Fsp3) is 0. The Morgan fingerprint density at radius 3 is 3.27 bits per heavy atom. The number of hydrogen-bond donors (Lipinski definition) is 1. The topological polar surface area (TPSA) is 50.2 Å². The zero-order valence-electron chi connectivity index (χ0n) is 5.41. The molecule has 2 rings (SSSR count). The Hall–Kier alpha value is -1.29. The summed E-state index contributed by atoms with van der Waals surface area (Å²) in [6.07, 6.45) is 3.08. The van der Waals surface area contributed by atoms with Crippen LogP contribution < -0.4 is 5.56 Å². The maximum absolute atomic E-state index is 11.1. The average molecular weight is 170 g/mol. The fourth-order valence-corrected chi connectivity index (χ4v) is 1.09. The van der Waals surface area contributed by atoms with Gasteiger partial charge in [-0.1, -0.05) is 11.6 Å². The van der Waals surface area contributed by atoms with Gasteiger partial charge in [-0.3, -0.25) is 4.79 Å². The zero-order valence-corrected chi connectivity index (χ0v) is 6.17. The lowest BCUT2D eigenvalue weighted by molar-refractivity contribution is 0.936. The molecule has 2 aromatic heterocycles.